The molecule has 6 heteroatoms. The lowest BCUT2D eigenvalue weighted by molar-refractivity contribution is -0.131. The van der Waals surface area contributed by atoms with E-state index < -0.39 is 5.97 Å². The van der Waals surface area contributed by atoms with Gasteiger partial charge >= 0.3 is 5.97 Å². The molecule has 0 N–H and O–H groups in total. The van der Waals surface area contributed by atoms with E-state index in [1.165, 1.54) is 11.8 Å². The van der Waals surface area contributed by atoms with Crippen LogP contribution in [-0.2, 0) is 4.79 Å². The van der Waals surface area contributed by atoms with Crippen LogP contribution in [0.1, 0.15) is 23.6 Å². The minimum Gasteiger partial charge on any atom is -0.494 e. The Hall–Kier alpha value is -4.08. The van der Waals surface area contributed by atoms with Gasteiger partial charge in [-0.2, -0.15) is 5.26 Å². The third kappa shape index (κ3) is 5.76. The Bertz CT molecular complexity index is 1390. The second kappa shape index (κ2) is 11.6. The first-order chi connectivity index (χ1) is 17.5. The molecular formula is C30H26N2O3S. The van der Waals surface area contributed by atoms with Gasteiger partial charge < -0.3 is 9.47 Å². The van der Waals surface area contributed by atoms with Gasteiger partial charge in [0, 0.05) is 11.1 Å². The van der Waals surface area contributed by atoms with Crippen molar-refractivity contribution in [2.24, 2.45) is 0 Å². The number of nitriles is 1. The Kier molecular flexibility index (Phi) is 8.04. The summed E-state index contributed by atoms with van der Waals surface area (Å²) in [5.74, 6) is 0.985. The largest absolute Gasteiger partial charge is 0.494 e. The van der Waals surface area contributed by atoms with E-state index in [1.807, 2.05) is 99.6 Å². The average molecular weight is 495 g/mol. The van der Waals surface area contributed by atoms with Crippen LogP contribution in [-0.4, -0.2) is 23.3 Å². The molecule has 3 aromatic carbocycles. The number of nitrogens with zero attached hydrogens (tertiary/aromatic N) is 2. The predicted octanol–water partition coefficient (Wildman–Crippen LogP) is 7.00. The summed E-state index contributed by atoms with van der Waals surface area (Å²) < 4.78 is 11.2. The van der Waals surface area contributed by atoms with Crippen molar-refractivity contribution in [3.05, 3.63) is 95.6 Å². The minimum absolute atomic E-state index is 0.0242. The smallest absolute Gasteiger partial charge is 0.321 e. The summed E-state index contributed by atoms with van der Waals surface area (Å²) in [5.41, 5.74) is 5.50. The lowest BCUT2D eigenvalue weighted by atomic mass is 9.99. The molecule has 0 unspecified atom stereocenters. The van der Waals surface area contributed by atoms with E-state index in [-0.39, 0.29) is 5.75 Å². The van der Waals surface area contributed by atoms with Gasteiger partial charge in [-0.25, -0.2) is 4.98 Å². The van der Waals surface area contributed by atoms with E-state index >= 15 is 0 Å². The van der Waals surface area contributed by atoms with E-state index in [0.717, 1.165) is 33.6 Å². The monoisotopic (exact) mass is 494 g/mol. The number of hydrogen-bond donors (Lipinski definition) is 0. The molecule has 180 valence electrons. The summed E-state index contributed by atoms with van der Waals surface area (Å²) in [5, 5.41) is 10.5. The number of carbonyl (C=O) groups is 1. The standard InChI is InChI=1S/C30H26N2O3S/c1-4-34-24-15-13-23(14-16-24)27-17-25(22-11-6-5-7-12-22)26(18-31)30(32-27)36-19-28(33)35-29-20(2)9-8-10-21(29)3/h5-17H,4,19H2,1-3H3. The Balaban J connectivity index is 1.68. The SMILES string of the molecule is CCOc1ccc(-c2cc(-c3ccccc3)c(C#N)c(SCC(=O)Oc3c(C)cccc3C)n2)cc1. The van der Waals surface area contributed by atoms with Crippen LogP contribution in [0, 0.1) is 25.2 Å². The quantitative estimate of drug-likeness (QED) is 0.149. The van der Waals surface area contributed by atoms with E-state index in [9.17, 15) is 10.1 Å². The molecule has 0 saturated heterocycles. The van der Waals surface area contributed by atoms with Gasteiger partial charge in [-0.15, -0.1) is 0 Å². The second-order valence-electron chi connectivity index (χ2n) is 8.15. The molecule has 0 saturated carbocycles. The summed E-state index contributed by atoms with van der Waals surface area (Å²) >= 11 is 1.21. The predicted molar refractivity (Wildman–Crippen MR) is 143 cm³/mol. The van der Waals surface area contributed by atoms with Crippen molar-refractivity contribution < 1.29 is 14.3 Å². The maximum atomic E-state index is 12.7. The fraction of sp³-hybridized carbons (Fsp3) is 0.167. The van der Waals surface area contributed by atoms with Crippen molar-refractivity contribution >= 4 is 17.7 Å². The maximum absolute atomic E-state index is 12.7. The van der Waals surface area contributed by atoms with Gasteiger partial charge in [0.2, 0.25) is 0 Å². The zero-order valence-corrected chi connectivity index (χ0v) is 21.3. The Labute approximate surface area is 215 Å². The van der Waals surface area contributed by atoms with E-state index in [2.05, 4.69) is 6.07 Å². The summed E-state index contributed by atoms with van der Waals surface area (Å²) in [4.78, 5) is 17.5. The third-order valence-corrected chi connectivity index (χ3v) is 6.54. The van der Waals surface area contributed by atoms with Crippen LogP contribution in [0.3, 0.4) is 0 Å². The van der Waals surface area contributed by atoms with Crippen LogP contribution in [0.25, 0.3) is 22.4 Å². The van der Waals surface area contributed by atoms with Gasteiger partial charge in [0.15, 0.2) is 0 Å². The molecule has 1 aromatic heterocycles. The molecule has 0 aliphatic carbocycles. The molecule has 0 atom stereocenters. The van der Waals surface area contributed by atoms with Crippen molar-refractivity contribution in [3.63, 3.8) is 0 Å². The number of ether oxygens (including phenoxy) is 2. The first-order valence-electron chi connectivity index (χ1n) is 11.6. The molecule has 4 aromatic rings. The molecule has 1 heterocycles. The zero-order chi connectivity index (χ0) is 25.5. The molecule has 0 radical (unpaired) electrons. The molecule has 5 nitrogen and oxygen atoms in total. The minimum atomic E-state index is -0.393. The number of carbonyl (C=O) groups excluding carboxylic acids is 1. The highest BCUT2D eigenvalue weighted by atomic mass is 32.2. The molecule has 4 rings (SSSR count). The Morgan fingerprint density at radius 1 is 0.944 bits per heavy atom. The van der Waals surface area contributed by atoms with Gasteiger partial charge in [0.1, 0.15) is 22.6 Å². The second-order valence-corrected chi connectivity index (χ2v) is 9.12. The third-order valence-electron chi connectivity index (χ3n) is 5.60. The van der Waals surface area contributed by atoms with E-state index in [1.54, 1.807) is 0 Å². The van der Waals surface area contributed by atoms with Crippen molar-refractivity contribution in [3.8, 4) is 40.0 Å². The number of aryl methyl sites for hydroxylation is 2. The van der Waals surface area contributed by atoms with Gasteiger partial charge in [0.05, 0.1) is 23.6 Å². The van der Waals surface area contributed by atoms with Crippen LogP contribution in [0.4, 0.5) is 0 Å². The van der Waals surface area contributed by atoms with Crippen LogP contribution < -0.4 is 9.47 Å². The van der Waals surface area contributed by atoms with Crippen LogP contribution in [0.2, 0.25) is 0 Å². The number of rotatable bonds is 8. The lowest BCUT2D eigenvalue weighted by Crippen LogP contribution is -2.12. The Morgan fingerprint density at radius 2 is 1.64 bits per heavy atom. The molecule has 0 aliphatic heterocycles. The number of thioether (sulfide) groups is 1. The van der Waals surface area contributed by atoms with Gasteiger partial charge in [-0.1, -0.05) is 60.3 Å². The number of benzene rings is 3. The normalized spacial score (nSPS) is 10.5. The van der Waals surface area contributed by atoms with Crippen molar-refractivity contribution in [2.45, 2.75) is 25.8 Å². The number of hydrogen-bond acceptors (Lipinski definition) is 6. The number of pyridine rings is 1. The molecule has 0 fully saturated rings. The highest BCUT2D eigenvalue weighted by molar-refractivity contribution is 7.99. The van der Waals surface area contributed by atoms with Gasteiger partial charge in [0.25, 0.3) is 0 Å². The summed E-state index contributed by atoms with van der Waals surface area (Å²) in [6.07, 6.45) is 0. The van der Waals surface area contributed by atoms with Gasteiger partial charge in [-0.05, 0) is 67.8 Å². The first-order valence-corrected chi connectivity index (χ1v) is 12.6. The van der Waals surface area contributed by atoms with E-state index in [4.69, 9.17) is 14.5 Å². The van der Waals surface area contributed by atoms with Crippen LogP contribution in [0.15, 0.2) is 83.9 Å². The molecule has 0 spiro atoms. The topological polar surface area (TPSA) is 72.2 Å². The number of para-hydroxylation sites is 1. The molecule has 0 bridgehead atoms. The maximum Gasteiger partial charge on any atom is 0.321 e. The van der Waals surface area contributed by atoms with Crippen molar-refractivity contribution in [2.75, 3.05) is 12.4 Å². The van der Waals surface area contributed by atoms with E-state index in [0.29, 0.717) is 28.6 Å². The lowest BCUT2D eigenvalue weighted by Gasteiger charge is -2.13. The summed E-state index contributed by atoms with van der Waals surface area (Å²) in [6, 6.07) is 27.4. The first kappa shape index (κ1) is 25.0. The highest BCUT2D eigenvalue weighted by Gasteiger charge is 2.18. The van der Waals surface area contributed by atoms with Crippen molar-refractivity contribution in [1.82, 2.24) is 4.98 Å². The van der Waals surface area contributed by atoms with Crippen molar-refractivity contribution in [1.29, 1.82) is 5.26 Å². The molecule has 36 heavy (non-hydrogen) atoms. The highest BCUT2D eigenvalue weighted by Crippen LogP contribution is 2.35. The number of aromatic nitrogens is 1. The number of esters is 1. The fourth-order valence-electron chi connectivity index (χ4n) is 3.85. The van der Waals surface area contributed by atoms with Gasteiger partial charge in [-0.3, -0.25) is 4.79 Å². The fourth-order valence-corrected chi connectivity index (χ4v) is 4.62. The van der Waals surface area contributed by atoms with Crippen LogP contribution >= 0.6 is 11.8 Å². The van der Waals surface area contributed by atoms with Crippen LogP contribution in [0.5, 0.6) is 11.5 Å². The summed E-state index contributed by atoms with van der Waals surface area (Å²) in [7, 11) is 0. The average Bonchev–Trinajstić information content (AvgIpc) is 2.90. The summed E-state index contributed by atoms with van der Waals surface area (Å²) in [6.45, 7) is 6.34. The molecule has 0 aliphatic rings. The molecular weight excluding hydrogens is 468 g/mol. The Morgan fingerprint density at radius 3 is 2.28 bits per heavy atom. The molecule has 0 amide bonds. The zero-order valence-electron chi connectivity index (χ0n) is 20.4.